The van der Waals surface area contributed by atoms with E-state index < -0.39 is 0 Å². The van der Waals surface area contributed by atoms with Crippen LogP contribution in [0.25, 0.3) is 11.3 Å². The van der Waals surface area contributed by atoms with Crippen molar-refractivity contribution in [3.05, 3.63) is 71.3 Å². The molecule has 0 N–H and O–H groups in total. The molecule has 3 atom stereocenters. The van der Waals surface area contributed by atoms with Crippen molar-refractivity contribution in [1.82, 2.24) is 20.1 Å². The largest absolute Gasteiger partial charge is 0.476 e. The number of fused-ring (bicyclic) bond motifs is 1. The summed E-state index contributed by atoms with van der Waals surface area (Å²) in [6.07, 6.45) is 4.24. The summed E-state index contributed by atoms with van der Waals surface area (Å²) in [7, 11) is 0. The molecule has 2 aliphatic rings. The molecule has 160 valence electrons. The zero-order valence-corrected chi connectivity index (χ0v) is 17.9. The van der Waals surface area contributed by atoms with E-state index in [0.29, 0.717) is 34.7 Å². The van der Waals surface area contributed by atoms with Gasteiger partial charge in [-0.15, -0.1) is 10.2 Å². The third-order valence-electron chi connectivity index (χ3n) is 6.35. The topological polar surface area (TPSA) is 51.1 Å². The highest BCUT2D eigenvalue weighted by Gasteiger charge is 2.40. The number of hydrogen-bond acceptors (Lipinski definition) is 5. The third-order valence-corrected chi connectivity index (χ3v) is 6.68. The lowest BCUT2D eigenvalue weighted by Gasteiger charge is -2.18. The fourth-order valence-electron chi connectivity index (χ4n) is 4.95. The smallest absolute Gasteiger partial charge is 0.233 e. The monoisotopic (exact) mass is 438 g/mol. The van der Waals surface area contributed by atoms with E-state index >= 15 is 0 Å². The van der Waals surface area contributed by atoms with Crippen molar-refractivity contribution in [3.8, 4) is 17.1 Å². The van der Waals surface area contributed by atoms with Crippen molar-refractivity contribution < 1.29 is 9.13 Å². The van der Waals surface area contributed by atoms with E-state index in [1.54, 1.807) is 12.1 Å². The Morgan fingerprint density at radius 2 is 1.87 bits per heavy atom. The number of benzene rings is 1. The number of rotatable bonds is 6. The molecule has 0 radical (unpaired) electrons. The van der Waals surface area contributed by atoms with E-state index in [2.05, 4.69) is 32.2 Å². The number of nitrogens with zero attached hydrogens (tertiary/aromatic N) is 4. The Kier molecular flexibility index (Phi) is 5.83. The van der Waals surface area contributed by atoms with Crippen LogP contribution in [0.4, 0.5) is 4.39 Å². The van der Waals surface area contributed by atoms with Crippen molar-refractivity contribution in [3.63, 3.8) is 0 Å². The van der Waals surface area contributed by atoms with Crippen LogP contribution in [0.1, 0.15) is 18.5 Å². The second-order valence-corrected chi connectivity index (χ2v) is 8.97. The molecule has 0 amide bonds. The van der Waals surface area contributed by atoms with Gasteiger partial charge in [-0.05, 0) is 67.0 Å². The Morgan fingerprint density at radius 1 is 1.03 bits per heavy atom. The Balaban J connectivity index is 1.12. The Labute approximate surface area is 186 Å². The molecule has 31 heavy (non-hydrogen) atoms. The fraction of sp³-hybridized carbons (Fsp3) is 0.375. The van der Waals surface area contributed by atoms with E-state index in [1.807, 2.05) is 12.3 Å². The molecule has 2 fully saturated rings. The maximum Gasteiger partial charge on any atom is 0.233 e. The molecule has 1 aromatic carbocycles. The summed E-state index contributed by atoms with van der Waals surface area (Å²) in [6, 6.07) is 13.9. The number of pyridine rings is 1. The standard InChI is InChI=1S/C24H24ClFN4O/c25-22-5-4-19(26)11-21(22)23-6-7-24(29-28-23)31-15-16-9-17-12-30(13-18(17)10-16)14-20-3-1-2-8-27-20/h1-8,11,16-18H,9-10,12-15H2/t16?,17-,18+. The maximum absolute atomic E-state index is 13.5. The zero-order chi connectivity index (χ0) is 21.2. The molecule has 0 spiro atoms. The molecule has 1 aliphatic carbocycles. The number of aromatic nitrogens is 3. The van der Waals surface area contributed by atoms with Crippen LogP contribution in [0, 0.1) is 23.6 Å². The Bertz CT molecular complexity index is 1020. The molecular formula is C24H24ClFN4O. The summed E-state index contributed by atoms with van der Waals surface area (Å²) in [4.78, 5) is 6.97. The molecule has 5 rings (SSSR count). The number of hydrogen-bond donors (Lipinski definition) is 0. The molecule has 2 aromatic heterocycles. The molecule has 3 heterocycles. The molecule has 5 nitrogen and oxygen atoms in total. The number of halogens is 2. The average molecular weight is 439 g/mol. The van der Waals surface area contributed by atoms with Gasteiger partial charge in [0, 0.05) is 37.5 Å². The van der Waals surface area contributed by atoms with Crippen LogP contribution in [0.3, 0.4) is 0 Å². The van der Waals surface area contributed by atoms with Gasteiger partial charge in [0.15, 0.2) is 0 Å². The minimum absolute atomic E-state index is 0.355. The third kappa shape index (κ3) is 4.70. The summed E-state index contributed by atoms with van der Waals surface area (Å²) in [6.45, 7) is 3.87. The summed E-state index contributed by atoms with van der Waals surface area (Å²) in [5.41, 5.74) is 2.20. The Morgan fingerprint density at radius 3 is 2.58 bits per heavy atom. The van der Waals surface area contributed by atoms with Crippen LogP contribution < -0.4 is 4.74 Å². The fourth-order valence-corrected chi connectivity index (χ4v) is 5.16. The highest BCUT2D eigenvalue weighted by Crippen LogP contribution is 2.42. The van der Waals surface area contributed by atoms with Crippen LogP contribution >= 0.6 is 11.6 Å². The van der Waals surface area contributed by atoms with Gasteiger partial charge in [-0.1, -0.05) is 17.7 Å². The van der Waals surface area contributed by atoms with Crippen LogP contribution in [-0.4, -0.2) is 39.8 Å². The normalized spacial score (nSPS) is 23.1. The number of likely N-dealkylation sites (tertiary alicyclic amines) is 1. The summed E-state index contributed by atoms with van der Waals surface area (Å²) >= 11 is 6.15. The SMILES string of the molecule is Fc1ccc(Cl)c(-c2ccc(OCC3C[C@@H]4CN(Cc5ccccn5)C[C@@H]4C3)nn2)c1. The molecule has 1 unspecified atom stereocenters. The molecule has 0 bridgehead atoms. The van der Waals surface area contributed by atoms with Gasteiger partial charge in [0.1, 0.15) is 5.82 Å². The first-order valence-electron chi connectivity index (χ1n) is 10.7. The van der Waals surface area contributed by atoms with Crippen LogP contribution in [0.5, 0.6) is 5.88 Å². The predicted octanol–water partition coefficient (Wildman–Crippen LogP) is 4.87. The van der Waals surface area contributed by atoms with Gasteiger partial charge in [0.25, 0.3) is 0 Å². The first kappa shape index (κ1) is 20.3. The summed E-state index contributed by atoms with van der Waals surface area (Å²) in [5.74, 6) is 2.16. The lowest BCUT2D eigenvalue weighted by atomic mass is 10.0. The maximum atomic E-state index is 13.5. The second-order valence-electron chi connectivity index (χ2n) is 8.56. The lowest BCUT2D eigenvalue weighted by Crippen LogP contribution is -2.23. The average Bonchev–Trinajstić information content (AvgIpc) is 3.33. The van der Waals surface area contributed by atoms with Gasteiger partial charge >= 0.3 is 0 Å². The van der Waals surface area contributed by atoms with E-state index in [1.165, 1.54) is 31.0 Å². The minimum atomic E-state index is -0.355. The lowest BCUT2D eigenvalue weighted by molar-refractivity contribution is 0.219. The predicted molar refractivity (Wildman–Crippen MR) is 117 cm³/mol. The molecule has 1 saturated heterocycles. The molecule has 7 heteroatoms. The van der Waals surface area contributed by atoms with E-state index in [-0.39, 0.29) is 5.82 Å². The van der Waals surface area contributed by atoms with Gasteiger partial charge in [-0.3, -0.25) is 9.88 Å². The second kappa shape index (κ2) is 8.89. The summed E-state index contributed by atoms with van der Waals surface area (Å²) in [5, 5.41) is 8.76. The molecule has 1 saturated carbocycles. The van der Waals surface area contributed by atoms with Crippen LogP contribution in [0.15, 0.2) is 54.7 Å². The Hall–Kier alpha value is -2.57. The van der Waals surface area contributed by atoms with E-state index in [9.17, 15) is 4.39 Å². The first-order chi connectivity index (χ1) is 15.1. The highest BCUT2D eigenvalue weighted by atomic mass is 35.5. The van der Waals surface area contributed by atoms with Crippen molar-refractivity contribution in [2.24, 2.45) is 17.8 Å². The minimum Gasteiger partial charge on any atom is -0.476 e. The zero-order valence-electron chi connectivity index (χ0n) is 17.1. The van der Waals surface area contributed by atoms with E-state index in [0.717, 1.165) is 37.2 Å². The summed E-state index contributed by atoms with van der Waals surface area (Å²) < 4.78 is 19.4. The van der Waals surface area contributed by atoms with E-state index in [4.69, 9.17) is 16.3 Å². The molecule has 1 aliphatic heterocycles. The molecule has 3 aromatic rings. The molecular weight excluding hydrogens is 415 g/mol. The van der Waals surface area contributed by atoms with Crippen molar-refractivity contribution in [1.29, 1.82) is 0 Å². The van der Waals surface area contributed by atoms with Crippen LogP contribution in [0.2, 0.25) is 5.02 Å². The van der Waals surface area contributed by atoms with Gasteiger partial charge in [-0.2, -0.15) is 0 Å². The van der Waals surface area contributed by atoms with Gasteiger partial charge in [0.2, 0.25) is 5.88 Å². The first-order valence-corrected chi connectivity index (χ1v) is 11.1. The van der Waals surface area contributed by atoms with Crippen molar-refractivity contribution in [2.75, 3.05) is 19.7 Å². The van der Waals surface area contributed by atoms with Gasteiger partial charge in [0.05, 0.1) is 23.0 Å². The van der Waals surface area contributed by atoms with Crippen LogP contribution in [-0.2, 0) is 6.54 Å². The van der Waals surface area contributed by atoms with Crippen molar-refractivity contribution in [2.45, 2.75) is 19.4 Å². The van der Waals surface area contributed by atoms with Gasteiger partial charge in [-0.25, -0.2) is 4.39 Å². The van der Waals surface area contributed by atoms with Crippen molar-refractivity contribution >= 4 is 11.6 Å². The highest BCUT2D eigenvalue weighted by molar-refractivity contribution is 6.33. The quantitative estimate of drug-likeness (QED) is 0.549. The van der Waals surface area contributed by atoms with Gasteiger partial charge < -0.3 is 4.74 Å². The number of ether oxygens (including phenoxy) is 1.